The molecule has 4 N–H and O–H groups in total. The van der Waals surface area contributed by atoms with Crippen molar-refractivity contribution in [3.8, 4) is 0 Å². The van der Waals surface area contributed by atoms with E-state index in [-0.39, 0.29) is 25.3 Å². The zero-order chi connectivity index (χ0) is 18.9. The maximum Gasteiger partial charge on any atom is 0.416 e. The Morgan fingerprint density at radius 3 is 2.42 bits per heavy atom. The van der Waals surface area contributed by atoms with Gasteiger partial charge < -0.3 is 25.6 Å². The first-order valence-electron chi connectivity index (χ1n) is 8.66. The summed E-state index contributed by atoms with van der Waals surface area (Å²) in [6.45, 7) is 2.15. The summed E-state index contributed by atoms with van der Waals surface area (Å²) in [7, 11) is 0. The van der Waals surface area contributed by atoms with Gasteiger partial charge in [0.05, 0.1) is 24.3 Å². The molecule has 3 rings (SSSR count). The summed E-state index contributed by atoms with van der Waals surface area (Å²) in [6.07, 6.45) is -6.23. The summed E-state index contributed by atoms with van der Waals surface area (Å²) in [4.78, 5) is 3.94. The molecule has 1 aromatic rings. The third-order valence-electron chi connectivity index (χ3n) is 5.15. The smallest absolute Gasteiger partial charge is 0.394 e. The van der Waals surface area contributed by atoms with Crippen LogP contribution in [0.1, 0.15) is 5.56 Å². The molecule has 0 amide bonds. The molecule has 0 bridgehead atoms. The van der Waals surface area contributed by atoms with E-state index >= 15 is 0 Å². The second kappa shape index (κ2) is 7.69. The van der Waals surface area contributed by atoms with Gasteiger partial charge in [0.25, 0.3) is 0 Å². The Morgan fingerprint density at radius 1 is 1.15 bits per heavy atom. The molecule has 0 unspecified atom stereocenters. The van der Waals surface area contributed by atoms with Crippen molar-refractivity contribution < 1.29 is 28.1 Å². The molecule has 0 aliphatic carbocycles. The number of benzene rings is 1. The van der Waals surface area contributed by atoms with E-state index in [1.807, 2.05) is 9.80 Å². The summed E-state index contributed by atoms with van der Waals surface area (Å²) >= 11 is 0. The lowest BCUT2D eigenvalue weighted by Gasteiger charge is -2.41. The highest BCUT2D eigenvalue weighted by Gasteiger charge is 2.46. The van der Waals surface area contributed by atoms with Crippen LogP contribution < -0.4 is 10.6 Å². The topological polar surface area (TPSA) is 82.2 Å². The highest BCUT2D eigenvalue weighted by Crippen LogP contribution is 2.32. The number of alkyl halides is 3. The maximum atomic E-state index is 12.9. The van der Waals surface area contributed by atoms with Gasteiger partial charge >= 0.3 is 6.18 Å². The van der Waals surface area contributed by atoms with Gasteiger partial charge in [-0.3, -0.25) is 4.90 Å². The summed E-state index contributed by atoms with van der Waals surface area (Å²) in [6, 6.07) is 4.99. The second-order valence-corrected chi connectivity index (χ2v) is 6.68. The number of anilines is 1. The van der Waals surface area contributed by atoms with Crippen LogP contribution in [0.2, 0.25) is 0 Å². The van der Waals surface area contributed by atoms with Gasteiger partial charge in [-0.25, -0.2) is 0 Å². The molecule has 9 heteroatoms. The third kappa shape index (κ3) is 3.81. The highest BCUT2D eigenvalue weighted by atomic mass is 19.4. The molecule has 2 fully saturated rings. The molecule has 2 aliphatic heterocycles. The van der Waals surface area contributed by atoms with Gasteiger partial charge in [0.2, 0.25) is 0 Å². The largest absolute Gasteiger partial charge is 0.416 e. The Morgan fingerprint density at radius 2 is 1.85 bits per heavy atom. The van der Waals surface area contributed by atoms with E-state index in [9.17, 15) is 23.4 Å². The molecule has 1 aromatic carbocycles. The number of nitrogens with zero attached hydrogens (tertiary/aromatic N) is 2. The highest BCUT2D eigenvalue weighted by molar-refractivity contribution is 5.49. The lowest BCUT2D eigenvalue weighted by atomic mass is 10.0. The fraction of sp³-hybridized carbons (Fsp3) is 0.647. The standard InChI is InChI=1S/C17H24F3N3O3/c18-17(19,20)11-2-1-3-12(8-11)22-4-6-23(7-5-22)15-13(9-21)26-14(10-24)16(15)25/h1-3,8,13-16,24-25H,4-7,9-10,21H2/t13-,14+,15+,16-/m1/s1. The summed E-state index contributed by atoms with van der Waals surface area (Å²) in [5.41, 5.74) is 5.60. The fourth-order valence-corrected chi connectivity index (χ4v) is 3.78. The van der Waals surface area contributed by atoms with Crippen LogP contribution in [-0.2, 0) is 10.9 Å². The van der Waals surface area contributed by atoms with E-state index in [0.29, 0.717) is 31.9 Å². The molecule has 0 aromatic heterocycles. The van der Waals surface area contributed by atoms with Crippen LogP contribution in [-0.4, -0.2) is 78.8 Å². The van der Waals surface area contributed by atoms with Crippen LogP contribution in [0.25, 0.3) is 0 Å². The second-order valence-electron chi connectivity index (χ2n) is 6.68. The van der Waals surface area contributed by atoms with E-state index in [1.54, 1.807) is 6.07 Å². The molecule has 0 spiro atoms. The average Bonchev–Trinajstić information content (AvgIpc) is 2.97. The average molecular weight is 375 g/mol. The quantitative estimate of drug-likeness (QED) is 0.701. The Hall–Kier alpha value is -1.39. The third-order valence-corrected chi connectivity index (χ3v) is 5.15. The van der Waals surface area contributed by atoms with Gasteiger partial charge in [-0.05, 0) is 18.2 Å². The van der Waals surface area contributed by atoms with Crippen molar-refractivity contribution in [1.29, 1.82) is 0 Å². The Bertz CT molecular complexity index is 606. The van der Waals surface area contributed by atoms with Gasteiger partial charge in [-0.15, -0.1) is 0 Å². The SMILES string of the molecule is NC[C@H]1O[C@@H](CO)[C@@H](O)[C@H]1N1CCN(c2cccc(C(F)(F)F)c2)CC1. The zero-order valence-electron chi connectivity index (χ0n) is 14.3. The summed E-state index contributed by atoms with van der Waals surface area (Å²) < 4.78 is 44.3. The monoisotopic (exact) mass is 375 g/mol. The first-order chi connectivity index (χ1) is 12.3. The van der Waals surface area contributed by atoms with Gasteiger partial charge in [0.15, 0.2) is 0 Å². The van der Waals surface area contributed by atoms with E-state index in [0.717, 1.165) is 12.1 Å². The minimum atomic E-state index is -4.36. The molecule has 2 aliphatic rings. The van der Waals surface area contributed by atoms with E-state index in [4.69, 9.17) is 10.5 Å². The number of nitrogens with two attached hydrogens (primary N) is 1. The van der Waals surface area contributed by atoms with Crippen LogP contribution in [0, 0.1) is 0 Å². The predicted molar refractivity (Wildman–Crippen MR) is 89.8 cm³/mol. The molecule has 0 saturated carbocycles. The molecule has 2 saturated heterocycles. The van der Waals surface area contributed by atoms with Gasteiger partial charge in [-0.1, -0.05) is 6.07 Å². The van der Waals surface area contributed by atoms with E-state index in [2.05, 4.69) is 0 Å². The van der Waals surface area contributed by atoms with Crippen molar-refractivity contribution in [2.75, 3.05) is 44.2 Å². The van der Waals surface area contributed by atoms with Crippen molar-refractivity contribution in [3.05, 3.63) is 29.8 Å². The molecule has 4 atom stereocenters. The van der Waals surface area contributed by atoms with Crippen LogP contribution in [0.3, 0.4) is 0 Å². The molecule has 2 heterocycles. The Labute approximate surface area is 149 Å². The van der Waals surface area contributed by atoms with Crippen molar-refractivity contribution in [2.45, 2.75) is 30.5 Å². The minimum Gasteiger partial charge on any atom is -0.394 e. The van der Waals surface area contributed by atoms with Crippen LogP contribution in [0.15, 0.2) is 24.3 Å². The van der Waals surface area contributed by atoms with E-state index in [1.165, 1.54) is 6.07 Å². The van der Waals surface area contributed by atoms with Crippen molar-refractivity contribution in [2.24, 2.45) is 5.73 Å². The predicted octanol–water partition coefficient (Wildman–Crippen LogP) is 0.275. The number of piperazine rings is 1. The summed E-state index contributed by atoms with van der Waals surface area (Å²) in [5, 5.41) is 19.7. The number of ether oxygens (including phenoxy) is 1. The Kier molecular flexibility index (Phi) is 5.73. The number of aliphatic hydroxyl groups excluding tert-OH is 2. The number of hydrogen-bond donors (Lipinski definition) is 3. The molecule has 146 valence electrons. The number of hydrogen-bond acceptors (Lipinski definition) is 6. The zero-order valence-corrected chi connectivity index (χ0v) is 14.3. The summed E-state index contributed by atoms with van der Waals surface area (Å²) in [5.74, 6) is 0. The van der Waals surface area contributed by atoms with Crippen molar-refractivity contribution in [3.63, 3.8) is 0 Å². The maximum absolute atomic E-state index is 12.9. The van der Waals surface area contributed by atoms with Crippen LogP contribution in [0.4, 0.5) is 18.9 Å². The lowest BCUT2D eigenvalue weighted by molar-refractivity contribution is -0.137. The molecule has 6 nitrogen and oxygen atoms in total. The number of halogens is 3. The van der Waals surface area contributed by atoms with Crippen molar-refractivity contribution >= 4 is 5.69 Å². The lowest BCUT2D eigenvalue weighted by Crippen LogP contribution is -2.57. The number of aliphatic hydroxyl groups is 2. The molecular weight excluding hydrogens is 351 g/mol. The van der Waals surface area contributed by atoms with Crippen LogP contribution in [0.5, 0.6) is 0 Å². The van der Waals surface area contributed by atoms with Crippen molar-refractivity contribution in [1.82, 2.24) is 4.90 Å². The van der Waals surface area contributed by atoms with Gasteiger partial charge in [0, 0.05) is 38.4 Å². The Balaban J connectivity index is 1.66. The molecule has 0 radical (unpaired) electrons. The first-order valence-corrected chi connectivity index (χ1v) is 8.66. The normalized spacial score (nSPS) is 30.8. The fourth-order valence-electron chi connectivity index (χ4n) is 3.78. The molecular formula is C17H24F3N3O3. The molecule has 26 heavy (non-hydrogen) atoms. The first kappa shape index (κ1) is 19.4. The number of rotatable bonds is 4. The van der Waals surface area contributed by atoms with Gasteiger partial charge in [0.1, 0.15) is 12.2 Å². The van der Waals surface area contributed by atoms with Crippen LogP contribution >= 0.6 is 0 Å². The van der Waals surface area contributed by atoms with E-state index < -0.39 is 23.9 Å². The van der Waals surface area contributed by atoms with Gasteiger partial charge in [-0.2, -0.15) is 13.2 Å². The minimum absolute atomic E-state index is 0.228.